The lowest BCUT2D eigenvalue weighted by Crippen LogP contribution is -2.49. The van der Waals surface area contributed by atoms with Crippen LogP contribution in [0.1, 0.15) is 18.7 Å². The maximum Gasteiger partial charge on any atom is 0.232 e. The standard InChI is InChI=1S/C17H22N4OS/c22-17(21-9-7-20(8-10-21)13-5-6-13)12-23-11-16-18-14-3-1-2-4-15(14)19-16/h1-4,13H,5-12H2,(H,18,19). The van der Waals surface area contributed by atoms with E-state index in [1.807, 2.05) is 29.2 Å². The van der Waals surface area contributed by atoms with E-state index in [0.29, 0.717) is 5.75 Å². The number of carbonyl (C=O) groups is 1. The summed E-state index contributed by atoms with van der Waals surface area (Å²) in [6, 6.07) is 8.84. The predicted molar refractivity (Wildman–Crippen MR) is 93.4 cm³/mol. The van der Waals surface area contributed by atoms with Gasteiger partial charge in [-0.25, -0.2) is 4.98 Å². The van der Waals surface area contributed by atoms with Crippen LogP contribution in [0.3, 0.4) is 0 Å². The first-order valence-electron chi connectivity index (χ1n) is 8.33. The molecule has 4 rings (SSSR count). The third-order valence-corrected chi connectivity index (χ3v) is 5.56. The Hall–Kier alpha value is -1.53. The fourth-order valence-electron chi connectivity index (χ4n) is 3.18. The molecule has 2 fully saturated rings. The van der Waals surface area contributed by atoms with Crippen molar-refractivity contribution < 1.29 is 4.79 Å². The SMILES string of the molecule is O=C(CSCc1nc2ccccc2[nH]1)N1CCN(C2CC2)CC1. The summed E-state index contributed by atoms with van der Waals surface area (Å²) in [5, 5.41) is 0. The van der Waals surface area contributed by atoms with Crippen molar-refractivity contribution in [3.05, 3.63) is 30.1 Å². The van der Waals surface area contributed by atoms with Gasteiger partial charge in [0.15, 0.2) is 0 Å². The third-order valence-electron chi connectivity index (χ3n) is 4.63. The number of aromatic nitrogens is 2. The van der Waals surface area contributed by atoms with Crippen LogP contribution in [0.15, 0.2) is 24.3 Å². The van der Waals surface area contributed by atoms with Gasteiger partial charge in [-0.15, -0.1) is 11.8 Å². The quantitative estimate of drug-likeness (QED) is 0.912. The Morgan fingerprint density at radius 2 is 2.00 bits per heavy atom. The van der Waals surface area contributed by atoms with Crippen molar-refractivity contribution in [2.45, 2.75) is 24.6 Å². The summed E-state index contributed by atoms with van der Waals surface area (Å²) in [6.45, 7) is 3.87. The second kappa shape index (κ2) is 6.53. The average Bonchev–Trinajstić information content (AvgIpc) is 3.34. The molecule has 1 saturated carbocycles. The Morgan fingerprint density at radius 1 is 1.22 bits per heavy atom. The molecule has 6 heteroatoms. The Bertz CT molecular complexity index is 656. The molecule has 1 N–H and O–H groups in total. The average molecular weight is 330 g/mol. The molecule has 0 unspecified atom stereocenters. The number of H-pyrrole nitrogens is 1. The fraction of sp³-hybridized carbons (Fsp3) is 0.529. The molecule has 2 aliphatic rings. The highest BCUT2D eigenvalue weighted by Crippen LogP contribution is 2.27. The predicted octanol–water partition coefficient (Wildman–Crippen LogP) is 2.10. The van der Waals surface area contributed by atoms with Gasteiger partial charge in [-0.2, -0.15) is 0 Å². The summed E-state index contributed by atoms with van der Waals surface area (Å²) in [5.41, 5.74) is 2.05. The monoisotopic (exact) mass is 330 g/mol. The summed E-state index contributed by atoms with van der Waals surface area (Å²) in [6.07, 6.45) is 2.70. The summed E-state index contributed by atoms with van der Waals surface area (Å²) in [7, 11) is 0. The number of rotatable bonds is 5. The van der Waals surface area contributed by atoms with Gasteiger partial charge in [0.1, 0.15) is 5.82 Å². The second-order valence-electron chi connectivity index (χ2n) is 6.34. The van der Waals surface area contributed by atoms with Crippen molar-refractivity contribution in [1.29, 1.82) is 0 Å². The summed E-state index contributed by atoms with van der Waals surface area (Å²) in [5.74, 6) is 2.51. The second-order valence-corrected chi connectivity index (χ2v) is 7.33. The van der Waals surface area contributed by atoms with Gasteiger partial charge in [-0.3, -0.25) is 9.69 Å². The highest BCUT2D eigenvalue weighted by molar-refractivity contribution is 7.99. The largest absolute Gasteiger partial charge is 0.341 e. The Labute approximate surface area is 140 Å². The number of amides is 1. The topological polar surface area (TPSA) is 52.2 Å². The zero-order valence-corrected chi connectivity index (χ0v) is 14.0. The van der Waals surface area contributed by atoms with Gasteiger partial charge in [0, 0.05) is 32.2 Å². The molecular formula is C17H22N4OS. The van der Waals surface area contributed by atoms with Crippen LogP contribution in [0.4, 0.5) is 0 Å². The Balaban J connectivity index is 1.23. The van der Waals surface area contributed by atoms with E-state index < -0.39 is 0 Å². The van der Waals surface area contributed by atoms with Crippen molar-refractivity contribution >= 4 is 28.7 Å². The molecule has 2 aromatic rings. The zero-order chi connectivity index (χ0) is 15.6. The van der Waals surface area contributed by atoms with Crippen LogP contribution < -0.4 is 0 Å². The maximum absolute atomic E-state index is 12.3. The molecule has 0 bridgehead atoms. The van der Waals surface area contributed by atoms with E-state index >= 15 is 0 Å². The van der Waals surface area contributed by atoms with Gasteiger partial charge in [0.25, 0.3) is 0 Å². The molecule has 1 aliphatic heterocycles. The maximum atomic E-state index is 12.3. The summed E-state index contributed by atoms with van der Waals surface area (Å²) < 4.78 is 0. The molecule has 122 valence electrons. The molecule has 23 heavy (non-hydrogen) atoms. The number of imidazole rings is 1. The van der Waals surface area contributed by atoms with E-state index in [1.165, 1.54) is 12.8 Å². The van der Waals surface area contributed by atoms with E-state index in [0.717, 1.165) is 54.8 Å². The number of hydrogen-bond donors (Lipinski definition) is 1. The van der Waals surface area contributed by atoms with Gasteiger partial charge >= 0.3 is 0 Å². The van der Waals surface area contributed by atoms with Crippen molar-refractivity contribution in [3.63, 3.8) is 0 Å². The van der Waals surface area contributed by atoms with E-state index in [9.17, 15) is 4.79 Å². The zero-order valence-electron chi connectivity index (χ0n) is 13.2. The van der Waals surface area contributed by atoms with Gasteiger partial charge in [-0.05, 0) is 25.0 Å². The van der Waals surface area contributed by atoms with E-state index in [4.69, 9.17) is 0 Å². The van der Waals surface area contributed by atoms with E-state index in [1.54, 1.807) is 11.8 Å². The molecule has 0 atom stereocenters. The number of para-hydroxylation sites is 2. The van der Waals surface area contributed by atoms with E-state index in [-0.39, 0.29) is 5.91 Å². The molecule has 1 aromatic carbocycles. The number of piperazine rings is 1. The van der Waals surface area contributed by atoms with Crippen LogP contribution in [0.2, 0.25) is 0 Å². The number of nitrogens with one attached hydrogen (secondary N) is 1. The van der Waals surface area contributed by atoms with Gasteiger partial charge in [0.05, 0.1) is 22.5 Å². The minimum atomic E-state index is 0.265. The number of nitrogens with zero attached hydrogens (tertiary/aromatic N) is 3. The molecule has 1 saturated heterocycles. The fourth-order valence-corrected chi connectivity index (χ4v) is 3.97. The normalized spacial score (nSPS) is 19.4. The van der Waals surface area contributed by atoms with Crippen LogP contribution >= 0.6 is 11.8 Å². The van der Waals surface area contributed by atoms with Gasteiger partial charge in [0.2, 0.25) is 5.91 Å². The van der Waals surface area contributed by atoms with Crippen molar-refractivity contribution in [2.75, 3.05) is 31.9 Å². The van der Waals surface area contributed by atoms with Crippen LogP contribution in [-0.4, -0.2) is 63.6 Å². The number of fused-ring (bicyclic) bond motifs is 1. The number of thioether (sulfide) groups is 1. The molecule has 0 radical (unpaired) electrons. The number of benzene rings is 1. The first-order valence-corrected chi connectivity index (χ1v) is 9.48. The summed E-state index contributed by atoms with van der Waals surface area (Å²) in [4.78, 5) is 24.7. The molecule has 0 spiro atoms. The minimum Gasteiger partial charge on any atom is -0.341 e. The van der Waals surface area contributed by atoms with Gasteiger partial charge in [-0.1, -0.05) is 12.1 Å². The van der Waals surface area contributed by atoms with Crippen molar-refractivity contribution in [1.82, 2.24) is 19.8 Å². The summed E-state index contributed by atoms with van der Waals surface area (Å²) >= 11 is 1.64. The molecular weight excluding hydrogens is 308 g/mol. The van der Waals surface area contributed by atoms with Crippen molar-refractivity contribution in [3.8, 4) is 0 Å². The Morgan fingerprint density at radius 3 is 2.74 bits per heavy atom. The third kappa shape index (κ3) is 3.53. The van der Waals surface area contributed by atoms with E-state index in [2.05, 4.69) is 14.9 Å². The molecule has 2 heterocycles. The highest BCUT2D eigenvalue weighted by Gasteiger charge is 2.32. The van der Waals surface area contributed by atoms with Crippen LogP contribution in [0, 0.1) is 0 Å². The molecule has 1 amide bonds. The lowest BCUT2D eigenvalue weighted by molar-refractivity contribution is -0.130. The number of aromatic amines is 1. The lowest BCUT2D eigenvalue weighted by atomic mass is 10.3. The molecule has 5 nitrogen and oxygen atoms in total. The molecule has 1 aliphatic carbocycles. The lowest BCUT2D eigenvalue weighted by Gasteiger charge is -2.34. The number of hydrogen-bond acceptors (Lipinski definition) is 4. The van der Waals surface area contributed by atoms with Gasteiger partial charge < -0.3 is 9.88 Å². The van der Waals surface area contributed by atoms with Crippen LogP contribution in [0.5, 0.6) is 0 Å². The first kappa shape index (κ1) is 15.0. The minimum absolute atomic E-state index is 0.265. The van der Waals surface area contributed by atoms with Crippen LogP contribution in [0.25, 0.3) is 11.0 Å². The first-order chi connectivity index (χ1) is 11.3. The smallest absolute Gasteiger partial charge is 0.232 e. The number of carbonyl (C=O) groups excluding carboxylic acids is 1. The Kier molecular flexibility index (Phi) is 4.27. The van der Waals surface area contributed by atoms with Crippen LogP contribution in [-0.2, 0) is 10.5 Å². The highest BCUT2D eigenvalue weighted by atomic mass is 32.2. The van der Waals surface area contributed by atoms with Crippen molar-refractivity contribution in [2.24, 2.45) is 0 Å². The molecule has 1 aromatic heterocycles.